The molecule has 0 atom stereocenters. The van der Waals surface area contributed by atoms with Gasteiger partial charge in [-0.15, -0.1) is 0 Å². The number of pyridine rings is 1. The van der Waals surface area contributed by atoms with Crippen molar-refractivity contribution < 1.29 is 22.7 Å². The Morgan fingerprint density at radius 1 is 1.44 bits per heavy atom. The zero-order valence-electron chi connectivity index (χ0n) is 9.97. The summed E-state index contributed by atoms with van der Waals surface area (Å²) in [5, 5.41) is 2.13. The van der Waals surface area contributed by atoms with E-state index in [0.717, 1.165) is 12.3 Å². The van der Waals surface area contributed by atoms with E-state index in [4.69, 9.17) is 0 Å². The molecule has 100 valence electrons. The predicted molar refractivity (Wildman–Crippen MR) is 59.3 cm³/mol. The summed E-state index contributed by atoms with van der Waals surface area (Å²) in [5.41, 5.74) is -0.719. The van der Waals surface area contributed by atoms with E-state index < -0.39 is 17.8 Å². The topological polar surface area (TPSA) is 51.2 Å². The molecule has 1 N–H and O–H groups in total. The van der Waals surface area contributed by atoms with Gasteiger partial charge in [-0.1, -0.05) is 6.92 Å². The number of nitrogens with one attached hydrogen (secondary N) is 1. The van der Waals surface area contributed by atoms with Gasteiger partial charge in [0.15, 0.2) is 0 Å². The first-order valence-corrected chi connectivity index (χ1v) is 5.38. The van der Waals surface area contributed by atoms with Gasteiger partial charge in [0, 0.05) is 6.20 Å². The highest BCUT2D eigenvalue weighted by Gasteiger charge is 2.33. The fourth-order valence-corrected chi connectivity index (χ4v) is 1.37. The smallest absolute Gasteiger partial charge is 0.416 e. The normalized spacial score (nSPS) is 11.2. The summed E-state index contributed by atoms with van der Waals surface area (Å²) in [6, 6.07) is 0.801. The number of rotatable bonds is 3. The van der Waals surface area contributed by atoms with Crippen LogP contribution >= 0.6 is 0 Å². The van der Waals surface area contributed by atoms with Gasteiger partial charge in [0.1, 0.15) is 5.82 Å². The molecule has 1 aromatic heterocycles. The van der Waals surface area contributed by atoms with Crippen molar-refractivity contribution >= 4 is 11.9 Å². The lowest BCUT2D eigenvalue weighted by molar-refractivity contribution is -0.138. The van der Waals surface area contributed by atoms with Crippen molar-refractivity contribution in [1.29, 1.82) is 0 Å². The standard InChI is InChI=1S/C11H13F3N2O2/c1-3-7-6-15-9(16-10(17)18-4-2)5-8(7)11(12,13)14/h5-6H,3-4H2,1-2H3,(H,15,16,17). The van der Waals surface area contributed by atoms with E-state index in [0.29, 0.717) is 0 Å². The Bertz CT molecular complexity index is 433. The number of carbonyl (C=O) groups is 1. The van der Waals surface area contributed by atoms with Crippen molar-refractivity contribution in [2.75, 3.05) is 11.9 Å². The van der Waals surface area contributed by atoms with Crippen molar-refractivity contribution in [3.63, 3.8) is 0 Å². The minimum atomic E-state index is -4.47. The third-order valence-corrected chi connectivity index (χ3v) is 2.18. The fourth-order valence-electron chi connectivity index (χ4n) is 1.37. The third-order valence-electron chi connectivity index (χ3n) is 2.18. The number of carbonyl (C=O) groups excluding carboxylic acids is 1. The lowest BCUT2D eigenvalue weighted by atomic mass is 10.1. The van der Waals surface area contributed by atoms with Crippen molar-refractivity contribution in [3.05, 3.63) is 23.4 Å². The van der Waals surface area contributed by atoms with Crippen LogP contribution in [0.3, 0.4) is 0 Å². The second kappa shape index (κ2) is 5.70. The lowest BCUT2D eigenvalue weighted by Gasteiger charge is -2.13. The van der Waals surface area contributed by atoms with Crippen LogP contribution in [0, 0.1) is 0 Å². The molecule has 1 aromatic rings. The molecule has 0 aliphatic carbocycles. The average molecular weight is 262 g/mol. The number of aryl methyl sites for hydroxylation is 1. The summed E-state index contributed by atoms with van der Waals surface area (Å²) in [6.07, 6.45) is -3.99. The molecule has 0 radical (unpaired) electrons. The van der Waals surface area contributed by atoms with Crippen LogP contribution in [0.2, 0.25) is 0 Å². The van der Waals surface area contributed by atoms with Crippen LogP contribution in [0.1, 0.15) is 25.0 Å². The fraction of sp³-hybridized carbons (Fsp3) is 0.455. The summed E-state index contributed by atoms with van der Waals surface area (Å²) in [7, 11) is 0. The van der Waals surface area contributed by atoms with Crippen molar-refractivity contribution in [2.24, 2.45) is 0 Å². The molecule has 7 heteroatoms. The highest BCUT2D eigenvalue weighted by Crippen LogP contribution is 2.33. The summed E-state index contributed by atoms with van der Waals surface area (Å²) in [5.74, 6) is -0.182. The molecule has 0 fully saturated rings. The SMILES string of the molecule is CCOC(=O)Nc1cc(C(F)(F)F)c(CC)cn1. The number of hydrogen-bond donors (Lipinski definition) is 1. The molecule has 0 unspecified atom stereocenters. The Kier molecular flexibility index (Phi) is 4.52. The molecular formula is C11H13F3N2O2. The first kappa shape index (κ1) is 14.3. The van der Waals surface area contributed by atoms with Gasteiger partial charge in [-0.25, -0.2) is 9.78 Å². The van der Waals surface area contributed by atoms with Crippen molar-refractivity contribution in [2.45, 2.75) is 26.4 Å². The van der Waals surface area contributed by atoms with Gasteiger partial charge in [-0.2, -0.15) is 13.2 Å². The number of ether oxygens (including phenoxy) is 1. The molecule has 18 heavy (non-hydrogen) atoms. The van der Waals surface area contributed by atoms with Crippen molar-refractivity contribution in [3.8, 4) is 0 Å². The monoisotopic (exact) mass is 262 g/mol. The van der Waals surface area contributed by atoms with E-state index in [1.807, 2.05) is 0 Å². The molecule has 1 rings (SSSR count). The number of amides is 1. The Labute approximate surface area is 102 Å². The number of hydrogen-bond acceptors (Lipinski definition) is 3. The highest BCUT2D eigenvalue weighted by molar-refractivity contribution is 5.83. The van der Waals surface area contributed by atoms with Gasteiger partial charge in [0.25, 0.3) is 0 Å². The van der Waals surface area contributed by atoms with E-state index in [2.05, 4.69) is 15.0 Å². The molecular weight excluding hydrogens is 249 g/mol. The number of aromatic nitrogens is 1. The van der Waals surface area contributed by atoms with E-state index >= 15 is 0 Å². The number of alkyl halides is 3. The summed E-state index contributed by atoms with van der Waals surface area (Å²) >= 11 is 0. The van der Waals surface area contributed by atoms with Gasteiger partial charge in [0.2, 0.25) is 0 Å². The molecule has 1 amide bonds. The maximum atomic E-state index is 12.7. The van der Waals surface area contributed by atoms with Crippen LogP contribution in [0.5, 0.6) is 0 Å². The lowest BCUT2D eigenvalue weighted by Crippen LogP contribution is -2.16. The second-order valence-electron chi connectivity index (χ2n) is 3.42. The molecule has 4 nitrogen and oxygen atoms in total. The summed E-state index contributed by atoms with van der Waals surface area (Å²) in [6.45, 7) is 3.32. The Hall–Kier alpha value is -1.79. The van der Waals surface area contributed by atoms with Gasteiger partial charge < -0.3 is 4.74 Å². The molecule has 1 heterocycles. The number of nitrogens with zero attached hydrogens (tertiary/aromatic N) is 1. The van der Waals surface area contributed by atoms with E-state index in [1.165, 1.54) is 0 Å². The Balaban J connectivity index is 3.00. The van der Waals surface area contributed by atoms with E-state index in [9.17, 15) is 18.0 Å². The van der Waals surface area contributed by atoms with Crippen LogP contribution < -0.4 is 5.32 Å². The molecule has 0 aliphatic heterocycles. The van der Waals surface area contributed by atoms with Gasteiger partial charge in [-0.05, 0) is 25.0 Å². The zero-order chi connectivity index (χ0) is 13.8. The Morgan fingerprint density at radius 3 is 2.61 bits per heavy atom. The molecule has 0 aliphatic rings. The third kappa shape index (κ3) is 3.61. The average Bonchev–Trinajstić information content (AvgIpc) is 2.28. The van der Waals surface area contributed by atoms with Crippen LogP contribution in [-0.4, -0.2) is 17.7 Å². The maximum Gasteiger partial charge on any atom is 0.416 e. The minimum Gasteiger partial charge on any atom is -0.450 e. The van der Waals surface area contributed by atoms with E-state index in [1.54, 1.807) is 13.8 Å². The number of halogens is 3. The molecule has 0 saturated carbocycles. The van der Waals surface area contributed by atoms with Gasteiger partial charge >= 0.3 is 12.3 Å². The molecule has 0 aromatic carbocycles. The minimum absolute atomic E-state index is 0.0805. The quantitative estimate of drug-likeness (QED) is 0.909. The Morgan fingerprint density at radius 2 is 2.11 bits per heavy atom. The summed E-state index contributed by atoms with van der Waals surface area (Å²) in [4.78, 5) is 14.8. The summed E-state index contributed by atoms with van der Waals surface area (Å²) < 4.78 is 42.7. The van der Waals surface area contributed by atoms with Gasteiger partial charge in [-0.3, -0.25) is 5.32 Å². The molecule has 0 spiro atoms. The van der Waals surface area contributed by atoms with Crippen LogP contribution in [0.25, 0.3) is 0 Å². The largest absolute Gasteiger partial charge is 0.450 e. The first-order valence-electron chi connectivity index (χ1n) is 5.38. The van der Waals surface area contributed by atoms with Crippen LogP contribution in [0.4, 0.5) is 23.8 Å². The molecule has 0 saturated heterocycles. The predicted octanol–water partition coefficient (Wildman–Crippen LogP) is 3.23. The van der Waals surface area contributed by atoms with E-state index in [-0.39, 0.29) is 24.4 Å². The molecule has 0 bridgehead atoms. The zero-order valence-corrected chi connectivity index (χ0v) is 9.97. The number of anilines is 1. The highest BCUT2D eigenvalue weighted by atomic mass is 19.4. The van der Waals surface area contributed by atoms with Crippen LogP contribution in [0.15, 0.2) is 12.3 Å². The van der Waals surface area contributed by atoms with Crippen molar-refractivity contribution in [1.82, 2.24) is 4.98 Å². The second-order valence-corrected chi connectivity index (χ2v) is 3.42. The first-order chi connectivity index (χ1) is 8.38. The van der Waals surface area contributed by atoms with Crippen LogP contribution in [-0.2, 0) is 17.3 Å². The maximum absolute atomic E-state index is 12.7. The van der Waals surface area contributed by atoms with Gasteiger partial charge in [0.05, 0.1) is 12.2 Å².